The first-order valence-electron chi connectivity index (χ1n) is 1.95. The summed E-state index contributed by atoms with van der Waals surface area (Å²) in [5.41, 5.74) is 0. The van der Waals surface area contributed by atoms with Gasteiger partial charge in [-0.25, -0.2) is 0 Å². The number of carbonyl (C=O) groups is 1. The van der Waals surface area contributed by atoms with Gasteiger partial charge in [-0.1, -0.05) is 0 Å². The quantitative estimate of drug-likeness (QED) is 0.547. The van der Waals surface area contributed by atoms with Crippen molar-refractivity contribution in [3.8, 4) is 0 Å². The molecule has 0 rings (SSSR count). The van der Waals surface area contributed by atoms with Gasteiger partial charge in [0.15, 0.2) is 0 Å². The zero-order valence-corrected chi connectivity index (χ0v) is 6.93. The van der Waals surface area contributed by atoms with Gasteiger partial charge in [-0.15, -0.1) is 0 Å². The number of hydrogen-bond acceptors (Lipinski definition) is 2. The van der Waals surface area contributed by atoms with Crippen LogP contribution in [0, 0.1) is 0 Å². The number of rotatable bonds is 0. The standard InChI is InChI=1S/C2H4O2.C2H6O.Mo/c1-2(3)4;1-2-3;/h1H3,(H,3,4);3H,2H2,1H3;. The Morgan fingerprint density at radius 3 is 1.62 bits per heavy atom. The summed E-state index contributed by atoms with van der Waals surface area (Å²) in [4.78, 5) is 9.00. The molecule has 3 nitrogen and oxygen atoms in total. The van der Waals surface area contributed by atoms with E-state index in [4.69, 9.17) is 15.0 Å². The number of aliphatic hydroxyl groups is 1. The maximum absolute atomic E-state index is 9.00. The predicted octanol–water partition coefficient (Wildman–Crippen LogP) is 0.0870. The van der Waals surface area contributed by atoms with Gasteiger partial charge in [0.25, 0.3) is 5.97 Å². The van der Waals surface area contributed by atoms with Crippen LogP contribution in [0.4, 0.5) is 0 Å². The zero-order chi connectivity index (χ0) is 6.28. The molecule has 0 unspecified atom stereocenters. The molecule has 0 fully saturated rings. The SMILES string of the molecule is CC(=O)O.CCO.[Mo]. The molecule has 0 saturated carbocycles. The fraction of sp³-hybridized carbons (Fsp3) is 0.750. The van der Waals surface area contributed by atoms with Gasteiger partial charge >= 0.3 is 0 Å². The smallest absolute Gasteiger partial charge is 0.300 e. The van der Waals surface area contributed by atoms with E-state index in [9.17, 15) is 0 Å². The first kappa shape index (κ1) is 15.7. The Balaban J connectivity index is -0.0000000575. The van der Waals surface area contributed by atoms with Crippen LogP contribution in [0.5, 0.6) is 0 Å². The second-order valence-electron chi connectivity index (χ2n) is 0.835. The molecule has 2 N–H and O–H groups in total. The van der Waals surface area contributed by atoms with E-state index in [1.165, 1.54) is 0 Å². The van der Waals surface area contributed by atoms with Crippen molar-refractivity contribution in [2.24, 2.45) is 0 Å². The van der Waals surface area contributed by atoms with Crippen molar-refractivity contribution in [1.29, 1.82) is 0 Å². The van der Waals surface area contributed by atoms with Gasteiger partial charge in [0.1, 0.15) is 0 Å². The Labute approximate surface area is 63.0 Å². The molecule has 0 aromatic rings. The third-order valence-corrected chi connectivity index (χ3v) is 0. The monoisotopic (exact) mass is 204 g/mol. The second kappa shape index (κ2) is 15.7. The summed E-state index contributed by atoms with van der Waals surface area (Å²) in [6.07, 6.45) is 0. The van der Waals surface area contributed by atoms with Gasteiger partial charge < -0.3 is 10.2 Å². The van der Waals surface area contributed by atoms with E-state index in [0.29, 0.717) is 0 Å². The molecule has 0 aliphatic rings. The number of carboxylic acids is 1. The van der Waals surface area contributed by atoms with Gasteiger partial charge in [-0.3, -0.25) is 4.79 Å². The van der Waals surface area contributed by atoms with Crippen LogP contribution in [-0.2, 0) is 25.9 Å². The average Bonchev–Trinajstić information content (AvgIpc) is 1.33. The molecule has 0 bridgehead atoms. The topological polar surface area (TPSA) is 57.5 Å². The third kappa shape index (κ3) is 11500. The van der Waals surface area contributed by atoms with Crippen LogP contribution in [0.2, 0.25) is 0 Å². The van der Waals surface area contributed by atoms with Crippen LogP contribution in [0.3, 0.4) is 0 Å². The maximum atomic E-state index is 9.00. The van der Waals surface area contributed by atoms with Crippen molar-refractivity contribution in [1.82, 2.24) is 0 Å². The molecule has 0 aliphatic carbocycles. The summed E-state index contributed by atoms with van der Waals surface area (Å²) >= 11 is 0. The van der Waals surface area contributed by atoms with Crippen LogP contribution in [0.25, 0.3) is 0 Å². The fourth-order valence-corrected chi connectivity index (χ4v) is 0. The van der Waals surface area contributed by atoms with E-state index in [-0.39, 0.29) is 27.7 Å². The summed E-state index contributed by atoms with van der Waals surface area (Å²) < 4.78 is 0. The Morgan fingerprint density at radius 2 is 1.62 bits per heavy atom. The Kier molecular flexibility index (Phi) is 30.8. The summed E-state index contributed by atoms with van der Waals surface area (Å²) in [6, 6.07) is 0. The molecule has 50 valence electrons. The van der Waals surface area contributed by atoms with Crippen LogP contribution in [0.15, 0.2) is 0 Å². The fourth-order valence-electron chi connectivity index (χ4n) is 0. The van der Waals surface area contributed by atoms with Crippen molar-refractivity contribution in [2.45, 2.75) is 13.8 Å². The first-order valence-corrected chi connectivity index (χ1v) is 1.95. The van der Waals surface area contributed by atoms with Gasteiger partial charge in [0, 0.05) is 34.6 Å². The van der Waals surface area contributed by atoms with E-state index in [0.717, 1.165) is 6.92 Å². The van der Waals surface area contributed by atoms with Crippen molar-refractivity contribution in [2.75, 3.05) is 6.61 Å². The molecule has 0 heterocycles. The molecule has 0 atom stereocenters. The molecular weight excluding hydrogens is 192 g/mol. The van der Waals surface area contributed by atoms with Crippen molar-refractivity contribution < 1.29 is 36.1 Å². The molecular formula is C4H10MoO3. The second-order valence-corrected chi connectivity index (χ2v) is 0.835. The van der Waals surface area contributed by atoms with Crippen LogP contribution in [-0.4, -0.2) is 22.8 Å². The molecule has 0 aromatic heterocycles. The summed E-state index contributed by atoms with van der Waals surface area (Å²) in [5, 5.41) is 15.0. The van der Waals surface area contributed by atoms with Crippen molar-refractivity contribution in [3.63, 3.8) is 0 Å². The summed E-state index contributed by atoms with van der Waals surface area (Å²) in [5.74, 6) is -0.833. The molecule has 4 heteroatoms. The maximum Gasteiger partial charge on any atom is 0.300 e. The molecule has 8 heavy (non-hydrogen) atoms. The van der Waals surface area contributed by atoms with Crippen LogP contribution >= 0.6 is 0 Å². The minimum atomic E-state index is -0.833. The number of carboxylic acid groups (broad SMARTS) is 1. The number of hydrogen-bond donors (Lipinski definition) is 2. The number of aliphatic carboxylic acids is 1. The van der Waals surface area contributed by atoms with Gasteiger partial charge in [0.05, 0.1) is 0 Å². The van der Waals surface area contributed by atoms with Crippen molar-refractivity contribution in [3.05, 3.63) is 0 Å². The third-order valence-electron chi connectivity index (χ3n) is 0. The molecule has 0 saturated heterocycles. The first-order chi connectivity index (χ1) is 3.15. The molecule has 0 amide bonds. The average molecular weight is 202 g/mol. The Morgan fingerprint density at radius 1 is 1.62 bits per heavy atom. The molecule has 0 radical (unpaired) electrons. The number of aliphatic hydroxyl groups excluding tert-OH is 1. The largest absolute Gasteiger partial charge is 0.481 e. The normalized spacial score (nSPS) is 5.38. The predicted molar refractivity (Wildman–Crippen MR) is 26.1 cm³/mol. The van der Waals surface area contributed by atoms with E-state index in [1.807, 2.05) is 0 Å². The van der Waals surface area contributed by atoms with Crippen LogP contribution in [0.1, 0.15) is 13.8 Å². The van der Waals surface area contributed by atoms with E-state index in [1.54, 1.807) is 6.92 Å². The minimum absolute atomic E-state index is 0. The van der Waals surface area contributed by atoms with E-state index < -0.39 is 5.97 Å². The van der Waals surface area contributed by atoms with Gasteiger partial charge in [-0.2, -0.15) is 0 Å². The Bertz CT molecular complexity index is 42.5. The van der Waals surface area contributed by atoms with E-state index >= 15 is 0 Å². The summed E-state index contributed by atoms with van der Waals surface area (Å²) in [6.45, 7) is 3.01. The Hall–Kier alpha value is 0.118. The van der Waals surface area contributed by atoms with Crippen molar-refractivity contribution >= 4 is 5.97 Å². The van der Waals surface area contributed by atoms with Gasteiger partial charge in [-0.05, 0) is 6.92 Å². The zero-order valence-electron chi connectivity index (χ0n) is 4.92. The molecule has 0 aromatic carbocycles. The summed E-state index contributed by atoms with van der Waals surface area (Å²) in [7, 11) is 0. The van der Waals surface area contributed by atoms with Gasteiger partial charge in [0.2, 0.25) is 0 Å². The molecule has 0 spiro atoms. The van der Waals surface area contributed by atoms with E-state index in [2.05, 4.69) is 0 Å². The minimum Gasteiger partial charge on any atom is -0.481 e. The van der Waals surface area contributed by atoms with Crippen LogP contribution < -0.4 is 0 Å². The molecule has 0 aliphatic heterocycles.